The monoisotopic (exact) mass is 275 g/mol. The molecule has 0 bridgehead atoms. The maximum Gasteiger partial charge on any atom is 0.110 e. The molecular weight excluding hydrogens is 254 g/mol. The van der Waals surface area contributed by atoms with E-state index in [9.17, 15) is 0 Å². The first-order valence-electron chi connectivity index (χ1n) is 6.91. The van der Waals surface area contributed by atoms with Gasteiger partial charge in [-0.3, -0.25) is 0 Å². The number of hydrogen-bond acceptors (Lipinski definition) is 2. The summed E-state index contributed by atoms with van der Waals surface area (Å²) in [5.74, 6) is 1.15. The van der Waals surface area contributed by atoms with Gasteiger partial charge in [0.2, 0.25) is 0 Å². The number of imidazole rings is 1. The molecule has 1 atom stereocenters. The minimum absolute atomic E-state index is 0.312. The van der Waals surface area contributed by atoms with E-state index in [1.807, 2.05) is 6.07 Å². The zero-order chi connectivity index (χ0) is 13.8. The van der Waals surface area contributed by atoms with E-state index >= 15 is 0 Å². The third-order valence-corrected chi connectivity index (χ3v) is 3.58. The minimum Gasteiger partial charge on any atom is -0.393 e. The third kappa shape index (κ3) is 2.95. The van der Waals surface area contributed by atoms with Crippen molar-refractivity contribution in [3.8, 4) is 0 Å². The van der Waals surface area contributed by atoms with Gasteiger partial charge >= 0.3 is 0 Å². The number of thiocarbonyl (C=S) groups is 1. The summed E-state index contributed by atoms with van der Waals surface area (Å²) >= 11 is 5.09. The van der Waals surface area contributed by atoms with Crippen molar-refractivity contribution in [3.05, 3.63) is 30.1 Å². The third-order valence-electron chi connectivity index (χ3n) is 3.42. The van der Waals surface area contributed by atoms with Crippen LogP contribution < -0.4 is 5.73 Å². The number of para-hydroxylation sites is 2. The van der Waals surface area contributed by atoms with Crippen molar-refractivity contribution in [2.24, 2.45) is 5.73 Å². The van der Waals surface area contributed by atoms with Gasteiger partial charge in [0.25, 0.3) is 0 Å². The van der Waals surface area contributed by atoms with Crippen molar-refractivity contribution >= 4 is 28.2 Å². The van der Waals surface area contributed by atoms with Crippen LogP contribution >= 0.6 is 12.2 Å². The quantitative estimate of drug-likeness (QED) is 0.819. The fraction of sp³-hybridized carbons (Fsp3) is 0.467. The highest BCUT2D eigenvalue weighted by molar-refractivity contribution is 7.80. The van der Waals surface area contributed by atoms with Crippen LogP contribution in [0, 0.1) is 0 Å². The Morgan fingerprint density at radius 3 is 2.74 bits per heavy atom. The zero-order valence-electron chi connectivity index (χ0n) is 11.6. The van der Waals surface area contributed by atoms with Crippen LogP contribution in [0.5, 0.6) is 0 Å². The molecule has 2 N–H and O–H groups in total. The van der Waals surface area contributed by atoms with Gasteiger partial charge in [0.05, 0.1) is 16.0 Å². The van der Waals surface area contributed by atoms with Crippen LogP contribution in [0.4, 0.5) is 0 Å². The van der Waals surface area contributed by atoms with E-state index < -0.39 is 0 Å². The molecule has 1 heterocycles. The maximum atomic E-state index is 5.74. The van der Waals surface area contributed by atoms with E-state index in [2.05, 4.69) is 36.6 Å². The van der Waals surface area contributed by atoms with Crippen LogP contribution in [0.1, 0.15) is 45.0 Å². The van der Waals surface area contributed by atoms with Gasteiger partial charge in [0, 0.05) is 18.9 Å². The summed E-state index contributed by atoms with van der Waals surface area (Å²) in [5.41, 5.74) is 7.99. The maximum absolute atomic E-state index is 5.74. The van der Waals surface area contributed by atoms with Crippen LogP contribution in [-0.4, -0.2) is 14.5 Å². The lowest BCUT2D eigenvalue weighted by atomic mass is 10.1. The Morgan fingerprint density at radius 1 is 1.37 bits per heavy atom. The molecule has 0 fully saturated rings. The van der Waals surface area contributed by atoms with Crippen molar-refractivity contribution in [1.82, 2.24) is 9.55 Å². The van der Waals surface area contributed by atoms with Gasteiger partial charge in [-0.2, -0.15) is 0 Å². The molecule has 0 aliphatic carbocycles. The molecule has 0 radical (unpaired) electrons. The molecule has 102 valence electrons. The fourth-order valence-corrected chi connectivity index (χ4v) is 2.74. The molecule has 0 saturated carbocycles. The average molecular weight is 275 g/mol. The minimum atomic E-state index is 0.312. The van der Waals surface area contributed by atoms with E-state index in [4.69, 9.17) is 22.9 Å². The second-order valence-electron chi connectivity index (χ2n) is 4.87. The SMILES string of the molecule is CCCc1nc2ccccc2n1C(CC)CC(N)=S. The predicted octanol–water partition coefficient (Wildman–Crippen LogP) is 3.62. The molecule has 2 rings (SSSR count). The lowest BCUT2D eigenvalue weighted by molar-refractivity contribution is 0.495. The van der Waals surface area contributed by atoms with E-state index in [1.54, 1.807) is 0 Å². The Balaban J connectivity index is 2.53. The molecular formula is C15H21N3S. The van der Waals surface area contributed by atoms with Crippen LogP contribution in [0.25, 0.3) is 11.0 Å². The fourth-order valence-electron chi connectivity index (χ4n) is 2.55. The van der Waals surface area contributed by atoms with Crippen LogP contribution in [0.3, 0.4) is 0 Å². The molecule has 0 amide bonds. The van der Waals surface area contributed by atoms with Gasteiger partial charge < -0.3 is 10.3 Å². The summed E-state index contributed by atoms with van der Waals surface area (Å²) < 4.78 is 2.33. The van der Waals surface area contributed by atoms with Gasteiger partial charge in [0.15, 0.2) is 0 Å². The average Bonchev–Trinajstić information content (AvgIpc) is 2.74. The standard InChI is InChI=1S/C15H21N3S/c1-3-7-15-17-12-8-5-6-9-13(12)18(15)11(4-2)10-14(16)19/h5-6,8-9,11H,3-4,7,10H2,1-2H3,(H2,16,19). The molecule has 0 aliphatic rings. The topological polar surface area (TPSA) is 43.8 Å². The van der Waals surface area contributed by atoms with Crippen molar-refractivity contribution in [1.29, 1.82) is 0 Å². The van der Waals surface area contributed by atoms with E-state index in [0.29, 0.717) is 11.0 Å². The Kier molecular flexibility index (Phi) is 4.53. The number of nitrogens with zero attached hydrogens (tertiary/aromatic N) is 2. The van der Waals surface area contributed by atoms with Crippen molar-refractivity contribution < 1.29 is 0 Å². The molecule has 19 heavy (non-hydrogen) atoms. The molecule has 0 spiro atoms. The summed E-state index contributed by atoms with van der Waals surface area (Å²) in [6, 6.07) is 8.60. The molecule has 0 saturated heterocycles. The first kappa shape index (κ1) is 14.0. The van der Waals surface area contributed by atoms with Crippen molar-refractivity contribution in [2.75, 3.05) is 0 Å². The van der Waals surface area contributed by atoms with Gasteiger partial charge in [0.1, 0.15) is 5.82 Å². The van der Waals surface area contributed by atoms with Crippen molar-refractivity contribution in [3.63, 3.8) is 0 Å². The predicted molar refractivity (Wildman–Crippen MR) is 84.5 cm³/mol. The number of aryl methyl sites for hydroxylation is 1. The summed E-state index contributed by atoms with van der Waals surface area (Å²) in [7, 11) is 0. The number of aromatic nitrogens is 2. The highest BCUT2D eigenvalue weighted by Gasteiger charge is 2.17. The Morgan fingerprint density at radius 2 is 2.11 bits per heavy atom. The van der Waals surface area contributed by atoms with Crippen LogP contribution in [0.15, 0.2) is 24.3 Å². The van der Waals surface area contributed by atoms with E-state index in [1.165, 1.54) is 5.52 Å². The number of rotatable bonds is 6. The summed E-state index contributed by atoms with van der Waals surface area (Å²) in [6.07, 6.45) is 3.83. The number of nitrogens with two attached hydrogens (primary N) is 1. The smallest absolute Gasteiger partial charge is 0.110 e. The molecule has 0 aliphatic heterocycles. The zero-order valence-corrected chi connectivity index (χ0v) is 12.4. The number of fused-ring (bicyclic) bond motifs is 1. The Bertz CT molecular complexity index is 574. The number of benzene rings is 1. The number of hydrogen-bond donors (Lipinski definition) is 1. The Labute approximate surface area is 119 Å². The van der Waals surface area contributed by atoms with Gasteiger partial charge in [-0.15, -0.1) is 0 Å². The summed E-state index contributed by atoms with van der Waals surface area (Å²) in [5, 5.41) is 0. The summed E-state index contributed by atoms with van der Waals surface area (Å²) in [4.78, 5) is 5.33. The Hall–Kier alpha value is -1.42. The molecule has 4 heteroatoms. The van der Waals surface area contributed by atoms with E-state index in [0.717, 1.165) is 37.0 Å². The van der Waals surface area contributed by atoms with E-state index in [-0.39, 0.29) is 0 Å². The lowest BCUT2D eigenvalue weighted by Gasteiger charge is -2.20. The highest BCUT2D eigenvalue weighted by Crippen LogP contribution is 2.26. The van der Waals surface area contributed by atoms with Gasteiger partial charge in [-0.1, -0.05) is 38.2 Å². The lowest BCUT2D eigenvalue weighted by Crippen LogP contribution is -2.19. The first-order chi connectivity index (χ1) is 9.17. The molecule has 3 nitrogen and oxygen atoms in total. The first-order valence-corrected chi connectivity index (χ1v) is 7.32. The molecule has 1 aromatic carbocycles. The van der Waals surface area contributed by atoms with Crippen LogP contribution in [0.2, 0.25) is 0 Å². The van der Waals surface area contributed by atoms with Crippen LogP contribution in [-0.2, 0) is 6.42 Å². The molecule has 2 aromatic rings. The van der Waals surface area contributed by atoms with Gasteiger partial charge in [-0.25, -0.2) is 4.98 Å². The van der Waals surface area contributed by atoms with Crippen molar-refractivity contribution in [2.45, 2.75) is 45.6 Å². The molecule has 1 unspecified atom stereocenters. The highest BCUT2D eigenvalue weighted by atomic mass is 32.1. The second-order valence-corrected chi connectivity index (χ2v) is 5.39. The summed E-state index contributed by atoms with van der Waals surface area (Å²) in [6.45, 7) is 4.35. The second kappa shape index (κ2) is 6.15. The molecule has 1 aromatic heterocycles. The van der Waals surface area contributed by atoms with Gasteiger partial charge in [-0.05, 0) is 25.0 Å². The largest absolute Gasteiger partial charge is 0.393 e. The normalized spacial score (nSPS) is 12.7.